The molecule has 0 bridgehead atoms. The van der Waals surface area contributed by atoms with Crippen LogP contribution in [0.1, 0.15) is 73.8 Å². The molecule has 0 unspecified atom stereocenters. The summed E-state index contributed by atoms with van der Waals surface area (Å²) in [5.74, 6) is -0.420. The highest BCUT2D eigenvalue weighted by Gasteiger charge is 2.29. The van der Waals surface area contributed by atoms with Crippen molar-refractivity contribution in [2.45, 2.75) is 80.3 Å². The van der Waals surface area contributed by atoms with Crippen LogP contribution in [0.2, 0.25) is 0 Å². The van der Waals surface area contributed by atoms with E-state index in [4.69, 9.17) is 14.6 Å². The molecule has 0 aliphatic carbocycles. The van der Waals surface area contributed by atoms with Gasteiger partial charge in [-0.1, -0.05) is 53.7 Å². The van der Waals surface area contributed by atoms with E-state index >= 15 is 0 Å². The molecule has 1 aliphatic heterocycles. The molecule has 0 saturated carbocycles. The zero-order chi connectivity index (χ0) is 22.9. The number of hydrazone groups is 1. The molecule has 2 N–H and O–H groups in total. The fraction of sp³-hybridized carbons (Fsp3) is 0.591. The van der Waals surface area contributed by atoms with Crippen molar-refractivity contribution in [3.05, 3.63) is 29.8 Å². The Hall–Kier alpha value is -2.57. The molecule has 7 nitrogen and oxygen atoms in total. The van der Waals surface area contributed by atoms with E-state index < -0.39 is 11.6 Å². The highest BCUT2D eigenvalue weighted by Crippen LogP contribution is 2.20. The summed E-state index contributed by atoms with van der Waals surface area (Å²) in [7, 11) is 0. The van der Waals surface area contributed by atoms with Crippen LogP contribution in [0.4, 0.5) is 0 Å². The summed E-state index contributed by atoms with van der Waals surface area (Å²) in [5, 5.41) is 13.0. The number of carbonyl (C=O) groups excluding carboxylic acids is 1. The Bertz CT molecular complexity index is 610. The summed E-state index contributed by atoms with van der Waals surface area (Å²) in [6.07, 6.45) is 2.15. The summed E-state index contributed by atoms with van der Waals surface area (Å²) >= 11 is 0. The van der Waals surface area contributed by atoms with Crippen molar-refractivity contribution in [2.75, 3.05) is 6.54 Å². The molecular formula is C22H38N2O5. The minimum Gasteiger partial charge on any atom is -0.478 e. The minimum absolute atomic E-state index is 0.109. The highest BCUT2D eigenvalue weighted by atomic mass is 16.5. The average molecular weight is 411 g/mol. The summed E-state index contributed by atoms with van der Waals surface area (Å²) in [6, 6.07) is 7.28. The van der Waals surface area contributed by atoms with Crippen LogP contribution < -0.4 is 10.2 Å². The normalized spacial score (nSPS) is 12.1. The SMILES string of the molecule is CC.CC.CC.CC(C)(Oc1ccc(CCCC2=NNCC(=O)O2)cc1)C(=O)O. The molecule has 0 amide bonds. The number of rotatable bonds is 7. The van der Waals surface area contributed by atoms with Crippen LogP contribution in [-0.4, -0.2) is 35.1 Å². The molecule has 0 fully saturated rings. The van der Waals surface area contributed by atoms with Crippen molar-refractivity contribution in [2.24, 2.45) is 5.10 Å². The maximum absolute atomic E-state index is 11.1. The molecule has 0 saturated heterocycles. The first-order valence-corrected chi connectivity index (χ1v) is 10.4. The number of aryl methyl sites for hydroxylation is 1. The van der Waals surface area contributed by atoms with Crippen molar-refractivity contribution in [1.29, 1.82) is 0 Å². The van der Waals surface area contributed by atoms with Gasteiger partial charge in [-0.15, -0.1) is 5.10 Å². The van der Waals surface area contributed by atoms with Crippen LogP contribution in [0.3, 0.4) is 0 Å². The lowest BCUT2D eigenvalue weighted by atomic mass is 10.1. The molecule has 0 atom stereocenters. The molecule has 0 radical (unpaired) electrons. The second-order valence-corrected chi connectivity index (χ2v) is 5.73. The smallest absolute Gasteiger partial charge is 0.347 e. The molecule has 0 spiro atoms. The fourth-order valence-corrected chi connectivity index (χ4v) is 2.00. The number of hydrogen-bond acceptors (Lipinski definition) is 6. The molecular weight excluding hydrogens is 372 g/mol. The second-order valence-electron chi connectivity index (χ2n) is 5.73. The van der Waals surface area contributed by atoms with Crippen molar-refractivity contribution in [1.82, 2.24) is 5.43 Å². The maximum atomic E-state index is 11.1. The number of nitrogens with one attached hydrogen (secondary N) is 1. The third kappa shape index (κ3) is 11.8. The summed E-state index contributed by atoms with van der Waals surface area (Å²) in [5.41, 5.74) is 2.44. The summed E-state index contributed by atoms with van der Waals surface area (Å²) in [6.45, 7) is 15.1. The third-order valence-corrected chi connectivity index (χ3v) is 3.33. The molecule has 29 heavy (non-hydrogen) atoms. The quantitative estimate of drug-likeness (QED) is 0.627. The number of carbonyl (C=O) groups is 2. The van der Waals surface area contributed by atoms with Gasteiger partial charge >= 0.3 is 11.9 Å². The predicted octanol–water partition coefficient (Wildman–Crippen LogP) is 4.79. The number of aliphatic carboxylic acids is 1. The molecule has 166 valence electrons. The van der Waals surface area contributed by atoms with Gasteiger partial charge < -0.3 is 14.6 Å². The van der Waals surface area contributed by atoms with Gasteiger partial charge in [0.05, 0.1) is 0 Å². The van der Waals surface area contributed by atoms with Crippen molar-refractivity contribution >= 4 is 17.8 Å². The Morgan fingerprint density at radius 3 is 2.14 bits per heavy atom. The number of cyclic esters (lactones) is 1. The van der Waals surface area contributed by atoms with Gasteiger partial charge in [0.15, 0.2) is 5.60 Å². The maximum Gasteiger partial charge on any atom is 0.347 e. The predicted molar refractivity (Wildman–Crippen MR) is 117 cm³/mol. The highest BCUT2D eigenvalue weighted by molar-refractivity contribution is 5.91. The first kappa shape index (κ1) is 28.6. The number of carboxylic acid groups (broad SMARTS) is 1. The van der Waals surface area contributed by atoms with Crippen LogP contribution in [0, 0.1) is 0 Å². The average Bonchev–Trinajstić information content (AvgIpc) is 2.73. The second kappa shape index (κ2) is 16.4. The van der Waals surface area contributed by atoms with E-state index in [2.05, 4.69) is 10.5 Å². The number of ether oxygens (including phenoxy) is 2. The Kier molecular flexibility index (Phi) is 16.2. The van der Waals surface area contributed by atoms with Gasteiger partial charge in [0, 0.05) is 6.42 Å². The van der Waals surface area contributed by atoms with Crippen LogP contribution in [0.25, 0.3) is 0 Å². The molecule has 0 aromatic heterocycles. The zero-order valence-corrected chi connectivity index (χ0v) is 19.2. The molecule has 1 heterocycles. The van der Waals surface area contributed by atoms with Crippen molar-refractivity contribution < 1.29 is 24.2 Å². The number of nitrogens with zero attached hydrogens (tertiary/aromatic N) is 1. The van der Waals surface area contributed by atoms with E-state index in [1.54, 1.807) is 12.1 Å². The topological polar surface area (TPSA) is 97.2 Å². The lowest BCUT2D eigenvalue weighted by Gasteiger charge is -2.21. The molecule has 1 aromatic carbocycles. The van der Waals surface area contributed by atoms with E-state index in [0.717, 1.165) is 18.4 Å². The first-order chi connectivity index (χ1) is 13.9. The van der Waals surface area contributed by atoms with E-state index in [0.29, 0.717) is 18.1 Å². The van der Waals surface area contributed by atoms with E-state index in [-0.39, 0.29) is 12.5 Å². The number of benzene rings is 1. The number of hydrogen-bond donors (Lipinski definition) is 2. The lowest BCUT2D eigenvalue weighted by Crippen LogP contribution is -2.37. The largest absolute Gasteiger partial charge is 0.478 e. The van der Waals surface area contributed by atoms with Crippen LogP contribution in [0.15, 0.2) is 29.4 Å². The minimum atomic E-state index is -1.27. The van der Waals surface area contributed by atoms with E-state index in [9.17, 15) is 9.59 Å². The van der Waals surface area contributed by atoms with Crippen molar-refractivity contribution in [3.8, 4) is 5.75 Å². The van der Waals surface area contributed by atoms with Crippen LogP contribution >= 0.6 is 0 Å². The van der Waals surface area contributed by atoms with Gasteiger partial charge in [0.1, 0.15) is 12.3 Å². The Morgan fingerprint density at radius 1 is 1.10 bits per heavy atom. The van der Waals surface area contributed by atoms with Gasteiger partial charge in [-0.3, -0.25) is 5.43 Å². The van der Waals surface area contributed by atoms with Gasteiger partial charge in [0.2, 0.25) is 5.90 Å². The molecule has 7 heteroatoms. The Balaban J connectivity index is 0. The monoisotopic (exact) mass is 410 g/mol. The molecule has 2 rings (SSSR count). The zero-order valence-electron chi connectivity index (χ0n) is 19.2. The van der Waals surface area contributed by atoms with E-state index in [1.807, 2.05) is 53.7 Å². The Labute approximate surface area is 175 Å². The number of esters is 1. The first-order valence-electron chi connectivity index (χ1n) is 10.4. The molecule has 1 aliphatic rings. The summed E-state index contributed by atoms with van der Waals surface area (Å²) < 4.78 is 10.4. The van der Waals surface area contributed by atoms with Gasteiger partial charge in [0.25, 0.3) is 0 Å². The summed E-state index contributed by atoms with van der Waals surface area (Å²) in [4.78, 5) is 22.1. The van der Waals surface area contributed by atoms with Crippen LogP contribution in [0.5, 0.6) is 5.75 Å². The fourth-order valence-electron chi connectivity index (χ4n) is 2.00. The van der Waals surface area contributed by atoms with Gasteiger partial charge in [-0.2, -0.15) is 0 Å². The lowest BCUT2D eigenvalue weighted by molar-refractivity contribution is -0.152. The standard InChI is InChI=1S/C16H20N2O5.3C2H6/c1-16(2,15(20)21)23-12-8-6-11(7-9-12)4-3-5-13-18-17-10-14(19)22-13;3*1-2/h6-9,17H,3-5,10H2,1-2H3,(H,20,21);3*1-2H3. The molecule has 1 aromatic rings. The third-order valence-electron chi connectivity index (χ3n) is 3.33. The van der Waals surface area contributed by atoms with Gasteiger partial charge in [-0.25, -0.2) is 9.59 Å². The Morgan fingerprint density at radius 2 is 1.66 bits per heavy atom. The van der Waals surface area contributed by atoms with E-state index in [1.165, 1.54) is 13.8 Å². The van der Waals surface area contributed by atoms with Crippen LogP contribution in [-0.2, 0) is 20.7 Å². The number of carboxylic acids is 1. The van der Waals surface area contributed by atoms with Gasteiger partial charge in [-0.05, 0) is 44.4 Å². The van der Waals surface area contributed by atoms with Crippen molar-refractivity contribution in [3.63, 3.8) is 0 Å².